The van der Waals surface area contributed by atoms with Crippen molar-refractivity contribution in [1.82, 2.24) is 0 Å². The number of benzene rings is 3. The molecular formula is C37H42O11. The van der Waals surface area contributed by atoms with Gasteiger partial charge in [-0.15, -0.1) is 0 Å². The van der Waals surface area contributed by atoms with Crippen molar-refractivity contribution < 1.29 is 52.2 Å². The van der Waals surface area contributed by atoms with E-state index in [4.69, 9.17) is 42.6 Å². The molecule has 6 rings (SSSR count). The largest absolute Gasteiger partial charge is 0.451 e. The van der Waals surface area contributed by atoms with E-state index in [-0.39, 0.29) is 25.2 Å². The van der Waals surface area contributed by atoms with Gasteiger partial charge in [0.25, 0.3) is 0 Å². The van der Waals surface area contributed by atoms with Gasteiger partial charge >= 0.3 is 11.9 Å². The maximum Gasteiger partial charge on any atom is 0.338 e. The van der Waals surface area contributed by atoms with E-state index in [1.54, 1.807) is 55.6 Å². The van der Waals surface area contributed by atoms with E-state index in [1.807, 2.05) is 63.2 Å². The average Bonchev–Trinajstić information content (AvgIpc) is 3.12. The highest BCUT2D eigenvalue weighted by atomic mass is 16.8. The number of esters is 2. The molecule has 48 heavy (non-hydrogen) atoms. The van der Waals surface area contributed by atoms with Gasteiger partial charge in [-0.1, -0.05) is 73.7 Å². The Morgan fingerprint density at radius 3 is 1.83 bits per heavy atom. The minimum absolute atomic E-state index is 0.152. The van der Waals surface area contributed by atoms with Crippen molar-refractivity contribution in [3.63, 3.8) is 0 Å². The lowest BCUT2D eigenvalue weighted by atomic mass is 9.90. The summed E-state index contributed by atoms with van der Waals surface area (Å²) in [6.45, 7) is 6.10. The Morgan fingerprint density at radius 1 is 0.708 bits per heavy atom. The van der Waals surface area contributed by atoms with Crippen LogP contribution in [0.2, 0.25) is 0 Å². The first-order chi connectivity index (χ1) is 23.4. The van der Waals surface area contributed by atoms with Crippen LogP contribution in [0.4, 0.5) is 0 Å². The van der Waals surface area contributed by atoms with Crippen LogP contribution < -0.4 is 0 Å². The van der Waals surface area contributed by atoms with Crippen LogP contribution >= 0.6 is 0 Å². The number of methoxy groups -OCH3 is 1. The summed E-state index contributed by atoms with van der Waals surface area (Å²) in [4.78, 5) is 26.9. The zero-order valence-corrected chi connectivity index (χ0v) is 27.4. The lowest BCUT2D eigenvalue weighted by molar-refractivity contribution is -0.388. The zero-order chi connectivity index (χ0) is 33.6. The molecule has 0 radical (unpaired) electrons. The highest BCUT2D eigenvalue weighted by Gasteiger charge is 2.56. The summed E-state index contributed by atoms with van der Waals surface area (Å²) in [5.74, 6) is -1.31. The molecule has 3 fully saturated rings. The molecule has 3 saturated heterocycles. The molecule has 0 saturated carbocycles. The fourth-order valence-corrected chi connectivity index (χ4v) is 6.31. The molecule has 3 aromatic rings. The van der Waals surface area contributed by atoms with Gasteiger partial charge in [-0.3, -0.25) is 0 Å². The van der Waals surface area contributed by atoms with E-state index < -0.39 is 67.4 Å². The first-order valence-electron chi connectivity index (χ1n) is 16.3. The van der Waals surface area contributed by atoms with Gasteiger partial charge in [-0.25, -0.2) is 9.59 Å². The van der Waals surface area contributed by atoms with E-state index in [0.29, 0.717) is 11.1 Å². The second-order valence-corrected chi connectivity index (χ2v) is 12.0. The highest BCUT2D eigenvalue weighted by Crippen LogP contribution is 2.40. The Labute approximate surface area is 280 Å². The van der Waals surface area contributed by atoms with E-state index in [1.165, 1.54) is 0 Å². The Hall–Kier alpha value is -3.68. The molecule has 11 heteroatoms. The summed E-state index contributed by atoms with van der Waals surface area (Å²) < 4.78 is 56.3. The van der Waals surface area contributed by atoms with Gasteiger partial charge in [0.2, 0.25) is 0 Å². The summed E-state index contributed by atoms with van der Waals surface area (Å²) in [6, 6.07) is 26.8. The first-order valence-corrected chi connectivity index (χ1v) is 16.3. The molecule has 5 unspecified atom stereocenters. The molecule has 11 nitrogen and oxygen atoms in total. The first kappa shape index (κ1) is 34.2. The van der Waals surface area contributed by atoms with Crippen LogP contribution in [0.3, 0.4) is 0 Å². The predicted molar refractivity (Wildman–Crippen MR) is 171 cm³/mol. The standard InChI is InChI=1S/C37H42O11/c1-5-41-36-32(46-34(39)25-17-11-7-12-18-25)30(29-27(44-36)21-42-35(47-29)26-19-13-8-14-20-26)48-37-31(28(40-4)22(2)23(3)43-37)45-33(38)24-15-9-6-10-16-24/h6-20,22-23,27-32,35-37H,5,21H2,1-4H3/t22?,23?,27?,28-,29+,30-,31-,32-,35?,36?,37-/m0/s1. The monoisotopic (exact) mass is 662 g/mol. The average molecular weight is 663 g/mol. The SMILES string of the molecule is CCOC1OC2COC(c3ccccc3)O[C@H]2[C@H](O[C@@H]2OC(C)C(C)[C@H](OC)[C@@H]2OC(=O)c2ccccc2)[C@@H]1OC(=O)c1ccccc1. The molecular weight excluding hydrogens is 620 g/mol. The predicted octanol–water partition coefficient (Wildman–Crippen LogP) is 5.09. The lowest BCUT2D eigenvalue weighted by Gasteiger charge is -2.51. The quantitative estimate of drug-likeness (QED) is 0.270. The van der Waals surface area contributed by atoms with Crippen molar-refractivity contribution in [2.45, 2.75) is 82.4 Å². The smallest absolute Gasteiger partial charge is 0.338 e. The summed E-state index contributed by atoms with van der Waals surface area (Å²) in [7, 11) is 1.56. The second kappa shape index (κ2) is 15.7. The van der Waals surface area contributed by atoms with Crippen LogP contribution in [0, 0.1) is 5.92 Å². The van der Waals surface area contributed by atoms with E-state index in [2.05, 4.69) is 0 Å². The summed E-state index contributed by atoms with van der Waals surface area (Å²) in [5.41, 5.74) is 1.51. The van der Waals surface area contributed by atoms with Crippen LogP contribution in [-0.4, -0.2) is 87.6 Å². The Kier molecular flexibility index (Phi) is 11.2. The van der Waals surface area contributed by atoms with Crippen LogP contribution in [0.25, 0.3) is 0 Å². The molecule has 3 heterocycles. The van der Waals surface area contributed by atoms with Gasteiger partial charge in [-0.05, 0) is 38.1 Å². The van der Waals surface area contributed by atoms with E-state index >= 15 is 0 Å². The number of carbonyl (C=O) groups is 2. The van der Waals surface area contributed by atoms with E-state index in [9.17, 15) is 9.59 Å². The molecule has 3 aromatic carbocycles. The van der Waals surface area contributed by atoms with Gasteiger partial charge in [0.05, 0.1) is 23.8 Å². The third kappa shape index (κ3) is 7.47. The van der Waals surface area contributed by atoms with Crippen molar-refractivity contribution in [2.24, 2.45) is 5.92 Å². The van der Waals surface area contributed by atoms with Gasteiger partial charge in [-0.2, -0.15) is 0 Å². The molecule has 0 aromatic heterocycles. The number of hydrogen-bond donors (Lipinski definition) is 0. The summed E-state index contributed by atoms with van der Waals surface area (Å²) in [6.07, 6.45) is -8.41. The van der Waals surface area contributed by atoms with Crippen molar-refractivity contribution in [1.29, 1.82) is 0 Å². The van der Waals surface area contributed by atoms with Crippen LogP contribution in [0.15, 0.2) is 91.0 Å². The van der Waals surface area contributed by atoms with Crippen molar-refractivity contribution >= 4 is 11.9 Å². The molecule has 0 spiro atoms. The lowest BCUT2D eigenvalue weighted by Crippen LogP contribution is -2.66. The number of fused-ring (bicyclic) bond motifs is 1. The Morgan fingerprint density at radius 2 is 1.27 bits per heavy atom. The van der Waals surface area contributed by atoms with Gasteiger partial charge in [0.1, 0.15) is 24.4 Å². The minimum atomic E-state index is -1.14. The third-order valence-corrected chi connectivity index (χ3v) is 8.95. The number of ether oxygens (including phenoxy) is 9. The maximum atomic E-state index is 13.5. The fourth-order valence-electron chi connectivity index (χ4n) is 6.31. The molecule has 0 amide bonds. The number of hydrogen-bond acceptors (Lipinski definition) is 11. The molecule has 3 aliphatic heterocycles. The summed E-state index contributed by atoms with van der Waals surface area (Å²) >= 11 is 0. The third-order valence-electron chi connectivity index (χ3n) is 8.95. The zero-order valence-electron chi connectivity index (χ0n) is 27.4. The fraction of sp³-hybridized carbons (Fsp3) is 0.459. The van der Waals surface area contributed by atoms with Crippen molar-refractivity contribution in [3.05, 3.63) is 108 Å². The van der Waals surface area contributed by atoms with Crippen LogP contribution in [0.5, 0.6) is 0 Å². The van der Waals surface area contributed by atoms with E-state index in [0.717, 1.165) is 5.56 Å². The normalized spacial score (nSPS) is 33.3. The molecule has 0 aliphatic carbocycles. The topological polar surface area (TPSA) is 117 Å². The molecule has 256 valence electrons. The second-order valence-electron chi connectivity index (χ2n) is 12.0. The van der Waals surface area contributed by atoms with Gasteiger partial charge in [0.15, 0.2) is 31.1 Å². The molecule has 11 atom stereocenters. The van der Waals surface area contributed by atoms with Crippen LogP contribution in [0.1, 0.15) is 53.3 Å². The van der Waals surface area contributed by atoms with Gasteiger partial charge < -0.3 is 42.6 Å². The van der Waals surface area contributed by atoms with Crippen molar-refractivity contribution in [3.8, 4) is 0 Å². The molecule has 0 N–H and O–H groups in total. The number of carbonyl (C=O) groups excluding carboxylic acids is 2. The Balaban J connectivity index is 1.36. The molecule has 0 bridgehead atoms. The Bertz CT molecular complexity index is 1470. The minimum Gasteiger partial charge on any atom is -0.451 e. The van der Waals surface area contributed by atoms with Crippen molar-refractivity contribution in [2.75, 3.05) is 20.3 Å². The number of rotatable bonds is 10. The maximum absolute atomic E-state index is 13.5. The highest BCUT2D eigenvalue weighted by molar-refractivity contribution is 5.90. The summed E-state index contributed by atoms with van der Waals surface area (Å²) in [5, 5.41) is 0. The molecule has 3 aliphatic rings. The van der Waals surface area contributed by atoms with Crippen LogP contribution in [-0.2, 0) is 42.6 Å². The van der Waals surface area contributed by atoms with Gasteiger partial charge in [0, 0.05) is 25.2 Å².